The highest BCUT2D eigenvalue weighted by Crippen LogP contribution is 2.37. The van der Waals surface area contributed by atoms with E-state index in [1.807, 2.05) is 42.5 Å². The largest absolute Gasteiger partial charge is 0.355 e. The van der Waals surface area contributed by atoms with E-state index in [0.717, 1.165) is 50.2 Å². The van der Waals surface area contributed by atoms with Gasteiger partial charge in [-0.2, -0.15) is 0 Å². The Morgan fingerprint density at radius 2 is 1.69 bits per heavy atom. The Hall–Kier alpha value is -4.49. The van der Waals surface area contributed by atoms with Gasteiger partial charge >= 0.3 is 0 Å². The molecule has 0 aliphatic carbocycles. The van der Waals surface area contributed by atoms with E-state index in [4.69, 9.17) is 11.6 Å². The summed E-state index contributed by atoms with van der Waals surface area (Å²) >= 11 is 6.05. The number of anilines is 4. The molecule has 0 saturated carbocycles. The highest BCUT2D eigenvalue weighted by molar-refractivity contribution is 6.30. The predicted molar refractivity (Wildman–Crippen MR) is 142 cm³/mol. The standard InChI is InChI=1S/C27H20ClN7/c1-16-7-12-19-20(4-2-6-22(19)34-18-10-8-17(28)9-11-18)23(16)35-26-21(5-3-13-29-26)24-25-27(32-14-30-24)33-15-31-25/h2-15,34H,1H3,(H,29,35)(H,30,31,32,33). The average molecular weight is 478 g/mol. The molecular formula is C27H20ClN7. The average Bonchev–Trinajstić information content (AvgIpc) is 3.37. The molecule has 6 aromatic rings. The predicted octanol–water partition coefficient (Wildman–Crippen LogP) is 7.02. The van der Waals surface area contributed by atoms with Gasteiger partial charge in [-0.15, -0.1) is 0 Å². The summed E-state index contributed by atoms with van der Waals surface area (Å²) in [6.45, 7) is 2.08. The molecule has 0 fully saturated rings. The van der Waals surface area contributed by atoms with Crippen LogP contribution in [0.4, 0.5) is 22.9 Å². The Kier molecular flexibility index (Phi) is 5.24. The first-order valence-corrected chi connectivity index (χ1v) is 11.5. The molecular weight excluding hydrogens is 458 g/mol. The van der Waals surface area contributed by atoms with E-state index in [0.29, 0.717) is 16.5 Å². The second-order valence-electron chi connectivity index (χ2n) is 8.14. The van der Waals surface area contributed by atoms with Crippen molar-refractivity contribution >= 4 is 56.4 Å². The molecule has 0 bridgehead atoms. The number of aromatic nitrogens is 5. The minimum absolute atomic E-state index is 0.615. The van der Waals surface area contributed by atoms with E-state index in [1.54, 1.807) is 12.5 Å². The Morgan fingerprint density at radius 1 is 0.800 bits per heavy atom. The molecule has 3 aromatic carbocycles. The van der Waals surface area contributed by atoms with Crippen LogP contribution in [0.15, 0.2) is 85.6 Å². The van der Waals surface area contributed by atoms with Gasteiger partial charge in [0.2, 0.25) is 0 Å². The second-order valence-corrected chi connectivity index (χ2v) is 8.57. The van der Waals surface area contributed by atoms with Gasteiger partial charge in [0.15, 0.2) is 5.65 Å². The first kappa shape index (κ1) is 21.1. The van der Waals surface area contributed by atoms with Gasteiger partial charge in [-0.25, -0.2) is 19.9 Å². The van der Waals surface area contributed by atoms with Crippen LogP contribution < -0.4 is 10.6 Å². The van der Waals surface area contributed by atoms with E-state index < -0.39 is 0 Å². The molecule has 8 heteroatoms. The van der Waals surface area contributed by atoms with Crippen LogP contribution in [-0.2, 0) is 0 Å². The third-order valence-corrected chi connectivity index (χ3v) is 6.17. The Morgan fingerprint density at radius 3 is 2.57 bits per heavy atom. The number of H-pyrrole nitrogens is 1. The first-order valence-electron chi connectivity index (χ1n) is 11.1. The van der Waals surface area contributed by atoms with Gasteiger partial charge in [0.1, 0.15) is 23.4 Å². The van der Waals surface area contributed by atoms with Crippen LogP contribution in [0.1, 0.15) is 5.56 Å². The van der Waals surface area contributed by atoms with Gasteiger partial charge in [0.25, 0.3) is 0 Å². The fourth-order valence-electron chi connectivity index (χ4n) is 4.21. The lowest BCUT2D eigenvalue weighted by Crippen LogP contribution is -2.01. The van der Waals surface area contributed by atoms with E-state index in [-0.39, 0.29) is 0 Å². The summed E-state index contributed by atoms with van der Waals surface area (Å²) in [7, 11) is 0. The van der Waals surface area contributed by atoms with Crippen LogP contribution in [-0.4, -0.2) is 24.9 Å². The van der Waals surface area contributed by atoms with Crippen LogP contribution in [0.2, 0.25) is 5.02 Å². The SMILES string of the molecule is Cc1ccc2c(Nc3ccc(Cl)cc3)cccc2c1Nc1ncccc1-c1ncnc2nc[nH]c12. The first-order chi connectivity index (χ1) is 17.2. The molecule has 0 unspecified atom stereocenters. The Bertz CT molecular complexity index is 1680. The number of aryl methyl sites for hydroxylation is 1. The second kappa shape index (κ2) is 8.70. The topological polar surface area (TPSA) is 91.4 Å². The number of fused-ring (bicyclic) bond motifs is 2. The zero-order chi connectivity index (χ0) is 23.8. The van der Waals surface area contributed by atoms with Crippen molar-refractivity contribution in [2.75, 3.05) is 10.6 Å². The molecule has 7 nitrogen and oxygen atoms in total. The highest BCUT2D eigenvalue weighted by Gasteiger charge is 2.16. The van der Waals surface area contributed by atoms with Crippen LogP contribution >= 0.6 is 11.6 Å². The minimum atomic E-state index is 0.615. The summed E-state index contributed by atoms with van der Waals surface area (Å²) in [4.78, 5) is 20.8. The van der Waals surface area contributed by atoms with Crippen molar-refractivity contribution in [2.24, 2.45) is 0 Å². The molecule has 6 rings (SSSR count). The lowest BCUT2D eigenvalue weighted by molar-refractivity contribution is 1.19. The number of nitrogens with one attached hydrogen (secondary N) is 3. The zero-order valence-corrected chi connectivity index (χ0v) is 19.5. The summed E-state index contributed by atoms with van der Waals surface area (Å²) in [6, 6.07) is 22.0. The lowest BCUT2D eigenvalue weighted by atomic mass is 10.0. The normalized spacial score (nSPS) is 11.1. The maximum absolute atomic E-state index is 6.05. The van der Waals surface area contributed by atoms with Gasteiger partial charge in [-0.1, -0.05) is 35.9 Å². The van der Waals surface area contributed by atoms with Crippen molar-refractivity contribution in [3.63, 3.8) is 0 Å². The molecule has 0 saturated heterocycles. The number of hydrogen-bond acceptors (Lipinski definition) is 6. The van der Waals surface area contributed by atoms with Crippen molar-refractivity contribution in [2.45, 2.75) is 6.92 Å². The minimum Gasteiger partial charge on any atom is -0.355 e. The molecule has 0 amide bonds. The molecule has 0 aliphatic rings. The summed E-state index contributed by atoms with van der Waals surface area (Å²) in [5.74, 6) is 0.703. The van der Waals surface area contributed by atoms with Gasteiger partial charge in [-0.3, -0.25) is 0 Å². The monoisotopic (exact) mass is 477 g/mol. The number of rotatable bonds is 5. The van der Waals surface area contributed by atoms with Gasteiger partial charge in [-0.05, 0) is 55.0 Å². The Labute approximate surface area is 206 Å². The van der Waals surface area contributed by atoms with E-state index in [2.05, 4.69) is 66.7 Å². The van der Waals surface area contributed by atoms with Crippen LogP contribution in [0.25, 0.3) is 33.2 Å². The summed E-state index contributed by atoms with van der Waals surface area (Å²) in [5, 5.41) is 9.97. The van der Waals surface area contributed by atoms with Crippen molar-refractivity contribution in [3.05, 3.63) is 96.2 Å². The van der Waals surface area contributed by atoms with Gasteiger partial charge in [0.05, 0.1) is 12.0 Å². The number of halogens is 1. The number of benzene rings is 3. The van der Waals surface area contributed by atoms with Gasteiger partial charge < -0.3 is 15.6 Å². The van der Waals surface area contributed by atoms with Crippen LogP contribution in [0.5, 0.6) is 0 Å². The van der Waals surface area contributed by atoms with Crippen LogP contribution in [0.3, 0.4) is 0 Å². The molecule has 3 heterocycles. The number of imidazole rings is 1. The van der Waals surface area contributed by atoms with Crippen molar-refractivity contribution in [1.82, 2.24) is 24.9 Å². The molecule has 3 aromatic heterocycles. The van der Waals surface area contributed by atoms with E-state index >= 15 is 0 Å². The smallest absolute Gasteiger partial charge is 0.181 e. The number of hydrogen-bond donors (Lipinski definition) is 3. The molecule has 0 radical (unpaired) electrons. The quantitative estimate of drug-likeness (QED) is 0.247. The van der Waals surface area contributed by atoms with Crippen LogP contribution in [0, 0.1) is 6.92 Å². The fourth-order valence-corrected chi connectivity index (χ4v) is 4.34. The van der Waals surface area contributed by atoms with E-state index in [1.165, 1.54) is 6.33 Å². The molecule has 3 N–H and O–H groups in total. The third kappa shape index (κ3) is 3.92. The maximum atomic E-state index is 6.05. The fraction of sp³-hybridized carbons (Fsp3) is 0.0370. The summed E-state index contributed by atoms with van der Waals surface area (Å²) in [5.41, 5.74) is 7.04. The molecule has 170 valence electrons. The zero-order valence-electron chi connectivity index (χ0n) is 18.7. The number of aromatic amines is 1. The molecule has 0 atom stereocenters. The third-order valence-electron chi connectivity index (χ3n) is 5.92. The molecule has 0 spiro atoms. The summed E-state index contributed by atoms with van der Waals surface area (Å²) in [6.07, 6.45) is 4.91. The maximum Gasteiger partial charge on any atom is 0.181 e. The van der Waals surface area contributed by atoms with Crippen molar-refractivity contribution in [1.29, 1.82) is 0 Å². The molecule has 35 heavy (non-hydrogen) atoms. The Balaban J connectivity index is 1.44. The van der Waals surface area contributed by atoms with Gasteiger partial charge in [0, 0.05) is 38.9 Å². The number of nitrogens with zero attached hydrogens (tertiary/aromatic N) is 4. The lowest BCUT2D eigenvalue weighted by Gasteiger charge is -2.17. The summed E-state index contributed by atoms with van der Waals surface area (Å²) < 4.78 is 0. The number of pyridine rings is 1. The molecule has 0 aliphatic heterocycles. The highest BCUT2D eigenvalue weighted by atomic mass is 35.5. The van der Waals surface area contributed by atoms with Crippen molar-refractivity contribution < 1.29 is 0 Å². The van der Waals surface area contributed by atoms with E-state index in [9.17, 15) is 0 Å². The van der Waals surface area contributed by atoms with Crippen molar-refractivity contribution in [3.8, 4) is 11.3 Å².